The molecule has 0 saturated heterocycles. The molecule has 0 bridgehead atoms. The Kier molecular flexibility index (Phi) is 5.38. The minimum Gasteiger partial charge on any atom is -0.396 e. The van der Waals surface area contributed by atoms with Gasteiger partial charge in [0.15, 0.2) is 0 Å². The molecule has 0 aliphatic heterocycles. The molecule has 96 valence electrons. The molecule has 4 heteroatoms. The van der Waals surface area contributed by atoms with E-state index in [0.717, 1.165) is 24.3 Å². The van der Waals surface area contributed by atoms with Crippen LogP contribution in [0.4, 0.5) is 10.1 Å². The van der Waals surface area contributed by atoms with Crippen molar-refractivity contribution in [3.63, 3.8) is 0 Å². The number of nitrogens with two attached hydrogens (primary N) is 1. The molecule has 1 aromatic rings. The third-order valence-electron chi connectivity index (χ3n) is 2.79. The van der Waals surface area contributed by atoms with Gasteiger partial charge in [-0.2, -0.15) is 0 Å². The fraction of sp³-hybridized carbons (Fsp3) is 0.538. The van der Waals surface area contributed by atoms with Crippen molar-refractivity contribution in [3.8, 4) is 0 Å². The van der Waals surface area contributed by atoms with Crippen LogP contribution < -0.4 is 10.6 Å². The molecule has 1 unspecified atom stereocenters. The van der Waals surface area contributed by atoms with Gasteiger partial charge in [0.05, 0.1) is 0 Å². The van der Waals surface area contributed by atoms with Gasteiger partial charge in [0.25, 0.3) is 0 Å². The van der Waals surface area contributed by atoms with Gasteiger partial charge in [-0.15, -0.1) is 0 Å². The van der Waals surface area contributed by atoms with Crippen LogP contribution in [-0.4, -0.2) is 24.8 Å². The minimum absolute atomic E-state index is 0.158. The largest absolute Gasteiger partial charge is 0.396 e. The van der Waals surface area contributed by atoms with Gasteiger partial charge in [-0.25, -0.2) is 4.39 Å². The summed E-state index contributed by atoms with van der Waals surface area (Å²) in [7, 11) is 0. The normalized spacial score (nSPS) is 12.5. The Morgan fingerprint density at radius 2 is 2.18 bits per heavy atom. The molecule has 0 radical (unpaired) electrons. The van der Waals surface area contributed by atoms with E-state index >= 15 is 0 Å². The quantitative estimate of drug-likeness (QED) is 0.800. The maximum absolute atomic E-state index is 13.2. The fourth-order valence-electron chi connectivity index (χ4n) is 1.89. The van der Waals surface area contributed by atoms with E-state index in [1.807, 2.05) is 13.8 Å². The lowest BCUT2D eigenvalue weighted by molar-refractivity contribution is 0.289. The summed E-state index contributed by atoms with van der Waals surface area (Å²) in [6.07, 6.45) is 0.698. The number of aliphatic hydroxyl groups is 1. The van der Waals surface area contributed by atoms with Crippen molar-refractivity contribution in [1.29, 1.82) is 0 Å². The zero-order chi connectivity index (χ0) is 12.8. The van der Waals surface area contributed by atoms with Gasteiger partial charge >= 0.3 is 0 Å². The Morgan fingerprint density at radius 3 is 2.71 bits per heavy atom. The molecule has 0 aliphatic carbocycles. The molecular weight excluding hydrogens is 219 g/mol. The number of rotatable bonds is 6. The van der Waals surface area contributed by atoms with E-state index in [1.165, 1.54) is 12.1 Å². The standard InChI is InChI=1S/C13H21FN2O/c1-3-16(7-4-8-17)13-6-5-11(14)9-12(13)10(2)15/h5-6,9-10,17H,3-4,7-8,15H2,1-2H3. The predicted octanol–water partition coefficient (Wildman–Crippen LogP) is 2.05. The van der Waals surface area contributed by atoms with Crippen molar-refractivity contribution in [2.45, 2.75) is 26.3 Å². The average Bonchev–Trinajstić information content (AvgIpc) is 2.31. The van der Waals surface area contributed by atoms with E-state index in [9.17, 15) is 4.39 Å². The lowest BCUT2D eigenvalue weighted by Gasteiger charge is -2.26. The maximum atomic E-state index is 13.2. The van der Waals surface area contributed by atoms with Crippen LogP contribution in [0.1, 0.15) is 31.9 Å². The van der Waals surface area contributed by atoms with Gasteiger partial charge in [-0.05, 0) is 44.0 Å². The molecule has 1 rings (SSSR count). The molecule has 3 N–H and O–H groups in total. The Labute approximate surface area is 102 Å². The van der Waals surface area contributed by atoms with Crippen molar-refractivity contribution in [3.05, 3.63) is 29.6 Å². The zero-order valence-corrected chi connectivity index (χ0v) is 10.5. The molecule has 1 aromatic carbocycles. The first-order valence-corrected chi connectivity index (χ1v) is 6.01. The first-order chi connectivity index (χ1) is 8.10. The van der Waals surface area contributed by atoms with Gasteiger partial charge in [-0.3, -0.25) is 0 Å². The smallest absolute Gasteiger partial charge is 0.123 e. The van der Waals surface area contributed by atoms with Gasteiger partial charge in [0, 0.05) is 31.4 Å². The van der Waals surface area contributed by atoms with Crippen LogP contribution in [0.15, 0.2) is 18.2 Å². The molecule has 1 atom stereocenters. The van der Waals surface area contributed by atoms with Crippen molar-refractivity contribution in [2.24, 2.45) is 5.73 Å². The van der Waals surface area contributed by atoms with Gasteiger partial charge in [0.1, 0.15) is 5.82 Å². The van der Waals surface area contributed by atoms with Crippen molar-refractivity contribution in [2.75, 3.05) is 24.6 Å². The van der Waals surface area contributed by atoms with Crippen LogP contribution in [-0.2, 0) is 0 Å². The van der Waals surface area contributed by atoms with E-state index in [-0.39, 0.29) is 18.5 Å². The van der Waals surface area contributed by atoms with E-state index < -0.39 is 0 Å². The molecular formula is C13H21FN2O. The second-order valence-corrected chi connectivity index (χ2v) is 4.15. The molecule has 0 aromatic heterocycles. The van der Waals surface area contributed by atoms with Crippen LogP contribution in [0.3, 0.4) is 0 Å². The van der Waals surface area contributed by atoms with E-state index in [0.29, 0.717) is 6.42 Å². The van der Waals surface area contributed by atoms with Crippen LogP contribution >= 0.6 is 0 Å². The number of hydrogen-bond acceptors (Lipinski definition) is 3. The summed E-state index contributed by atoms with van der Waals surface area (Å²) in [6.45, 7) is 5.60. The lowest BCUT2D eigenvalue weighted by Crippen LogP contribution is -2.27. The highest BCUT2D eigenvalue weighted by Gasteiger charge is 2.13. The summed E-state index contributed by atoms with van der Waals surface area (Å²) < 4.78 is 13.2. The molecule has 0 amide bonds. The molecule has 3 nitrogen and oxygen atoms in total. The molecule has 0 saturated carbocycles. The highest BCUT2D eigenvalue weighted by Crippen LogP contribution is 2.26. The first-order valence-electron chi connectivity index (χ1n) is 6.01. The van der Waals surface area contributed by atoms with Gasteiger partial charge in [0.2, 0.25) is 0 Å². The van der Waals surface area contributed by atoms with Crippen LogP contribution in [0.25, 0.3) is 0 Å². The topological polar surface area (TPSA) is 49.5 Å². The molecule has 0 heterocycles. The summed E-state index contributed by atoms with van der Waals surface area (Å²) in [5.41, 5.74) is 7.63. The summed E-state index contributed by atoms with van der Waals surface area (Å²) >= 11 is 0. The molecule has 0 spiro atoms. The van der Waals surface area contributed by atoms with Crippen molar-refractivity contribution in [1.82, 2.24) is 0 Å². The Hall–Kier alpha value is -1.13. The van der Waals surface area contributed by atoms with E-state index in [4.69, 9.17) is 10.8 Å². The van der Waals surface area contributed by atoms with Crippen LogP contribution in [0.2, 0.25) is 0 Å². The Morgan fingerprint density at radius 1 is 1.47 bits per heavy atom. The molecule has 17 heavy (non-hydrogen) atoms. The summed E-state index contributed by atoms with van der Waals surface area (Å²) in [5.74, 6) is -0.265. The van der Waals surface area contributed by atoms with Crippen LogP contribution in [0, 0.1) is 5.82 Å². The number of anilines is 1. The Bertz CT molecular complexity index is 355. The maximum Gasteiger partial charge on any atom is 0.123 e. The number of benzene rings is 1. The highest BCUT2D eigenvalue weighted by molar-refractivity contribution is 5.55. The third kappa shape index (κ3) is 3.68. The first kappa shape index (κ1) is 13.9. The SMILES string of the molecule is CCN(CCCO)c1ccc(F)cc1C(C)N. The second kappa shape index (κ2) is 6.57. The number of hydrogen-bond donors (Lipinski definition) is 2. The summed E-state index contributed by atoms with van der Waals surface area (Å²) in [4.78, 5) is 2.11. The fourth-order valence-corrected chi connectivity index (χ4v) is 1.89. The van der Waals surface area contributed by atoms with Gasteiger partial charge < -0.3 is 15.7 Å². The minimum atomic E-state index is -0.265. The third-order valence-corrected chi connectivity index (χ3v) is 2.79. The number of halogens is 1. The monoisotopic (exact) mass is 240 g/mol. The Balaban J connectivity index is 3.00. The van der Waals surface area contributed by atoms with E-state index in [2.05, 4.69) is 4.90 Å². The molecule has 0 fully saturated rings. The average molecular weight is 240 g/mol. The van der Waals surface area contributed by atoms with Gasteiger partial charge in [-0.1, -0.05) is 0 Å². The predicted molar refractivity (Wildman–Crippen MR) is 68.6 cm³/mol. The highest BCUT2D eigenvalue weighted by atomic mass is 19.1. The number of aliphatic hydroxyl groups excluding tert-OH is 1. The lowest BCUT2D eigenvalue weighted by atomic mass is 10.1. The zero-order valence-electron chi connectivity index (χ0n) is 10.5. The van der Waals surface area contributed by atoms with E-state index in [1.54, 1.807) is 6.07 Å². The summed E-state index contributed by atoms with van der Waals surface area (Å²) in [6, 6.07) is 4.49. The van der Waals surface area contributed by atoms with Crippen molar-refractivity contribution < 1.29 is 9.50 Å². The number of nitrogens with zero attached hydrogens (tertiary/aromatic N) is 1. The van der Waals surface area contributed by atoms with Crippen molar-refractivity contribution >= 4 is 5.69 Å². The second-order valence-electron chi connectivity index (χ2n) is 4.15. The molecule has 0 aliphatic rings. The van der Waals surface area contributed by atoms with Crippen LogP contribution in [0.5, 0.6) is 0 Å². The summed E-state index contributed by atoms with van der Waals surface area (Å²) in [5, 5.41) is 8.87.